The van der Waals surface area contributed by atoms with E-state index in [2.05, 4.69) is 4.98 Å². The van der Waals surface area contributed by atoms with Gasteiger partial charge in [0.05, 0.1) is 11.1 Å². The van der Waals surface area contributed by atoms with E-state index in [1.54, 1.807) is 0 Å². The lowest BCUT2D eigenvalue weighted by Crippen LogP contribution is -1.94. The van der Waals surface area contributed by atoms with Crippen LogP contribution in [0.3, 0.4) is 0 Å². The van der Waals surface area contributed by atoms with Gasteiger partial charge in [0, 0.05) is 0 Å². The summed E-state index contributed by atoms with van der Waals surface area (Å²) in [4.78, 5) is 14.9. The van der Waals surface area contributed by atoms with Crippen LogP contribution >= 0.6 is 0 Å². The fourth-order valence-corrected chi connectivity index (χ4v) is 1.83. The Morgan fingerprint density at radius 2 is 1.95 bits per heavy atom. The Balaban J connectivity index is 2.17. The summed E-state index contributed by atoms with van der Waals surface area (Å²) in [7, 11) is 0. The van der Waals surface area contributed by atoms with E-state index in [-0.39, 0.29) is 22.6 Å². The van der Waals surface area contributed by atoms with Gasteiger partial charge in [0.15, 0.2) is 5.58 Å². The van der Waals surface area contributed by atoms with E-state index in [0.717, 1.165) is 18.2 Å². The first-order chi connectivity index (χ1) is 9.54. The fourth-order valence-electron chi connectivity index (χ4n) is 1.83. The van der Waals surface area contributed by atoms with Crippen molar-refractivity contribution in [2.45, 2.75) is 0 Å². The molecular weight excluding hydrogens is 268 g/mol. The molecule has 0 spiro atoms. The van der Waals surface area contributed by atoms with E-state index in [1.165, 1.54) is 18.2 Å². The molecule has 0 aliphatic rings. The molecule has 0 fully saturated rings. The molecule has 0 atom stereocenters. The highest BCUT2D eigenvalue weighted by Gasteiger charge is 2.15. The molecule has 3 rings (SSSR count). The molecule has 0 aliphatic heterocycles. The van der Waals surface area contributed by atoms with Crippen molar-refractivity contribution in [2.24, 2.45) is 0 Å². The molecule has 0 amide bonds. The number of nitrogens with zero attached hydrogens (tertiary/aromatic N) is 1. The molecule has 2 aromatic carbocycles. The van der Waals surface area contributed by atoms with Gasteiger partial charge in [0.25, 0.3) is 0 Å². The summed E-state index contributed by atoms with van der Waals surface area (Å²) < 4.78 is 32.1. The first-order valence-electron chi connectivity index (χ1n) is 5.64. The smallest absolute Gasteiger partial charge is 0.335 e. The molecule has 6 heteroatoms. The maximum Gasteiger partial charge on any atom is 0.335 e. The third-order valence-electron chi connectivity index (χ3n) is 2.79. The van der Waals surface area contributed by atoms with Crippen LogP contribution in [-0.4, -0.2) is 16.1 Å². The summed E-state index contributed by atoms with van der Waals surface area (Å²) in [6, 6.07) is 7.03. The minimum absolute atomic E-state index is 0.0277. The van der Waals surface area contributed by atoms with Crippen molar-refractivity contribution < 1.29 is 23.1 Å². The molecule has 1 N–H and O–H groups in total. The first kappa shape index (κ1) is 12.3. The van der Waals surface area contributed by atoms with Crippen molar-refractivity contribution >= 4 is 17.1 Å². The number of rotatable bonds is 2. The highest BCUT2D eigenvalue weighted by Crippen LogP contribution is 2.27. The van der Waals surface area contributed by atoms with Crippen LogP contribution in [0.4, 0.5) is 8.78 Å². The number of carboxylic acids is 1. The molecule has 0 radical (unpaired) electrons. The second kappa shape index (κ2) is 4.41. The Morgan fingerprint density at radius 3 is 2.70 bits per heavy atom. The Hall–Kier alpha value is -2.76. The lowest BCUT2D eigenvalue weighted by molar-refractivity contribution is 0.0697. The van der Waals surface area contributed by atoms with Gasteiger partial charge in [-0.3, -0.25) is 0 Å². The number of oxazole rings is 1. The summed E-state index contributed by atoms with van der Waals surface area (Å²) in [5, 5.41) is 8.88. The third-order valence-corrected chi connectivity index (χ3v) is 2.79. The van der Waals surface area contributed by atoms with Gasteiger partial charge in [-0.15, -0.1) is 0 Å². The average Bonchev–Trinajstić information content (AvgIpc) is 2.83. The quantitative estimate of drug-likeness (QED) is 0.777. The van der Waals surface area contributed by atoms with Gasteiger partial charge in [-0.2, -0.15) is 0 Å². The molecule has 0 bridgehead atoms. The molecule has 0 saturated heterocycles. The average molecular weight is 275 g/mol. The van der Waals surface area contributed by atoms with Crippen molar-refractivity contribution in [2.75, 3.05) is 0 Å². The SMILES string of the molecule is O=C(O)c1ccc2nc(-c3cc(F)ccc3F)oc2c1. The monoisotopic (exact) mass is 275 g/mol. The number of hydrogen-bond acceptors (Lipinski definition) is 3. The lowest BCUT2D eigenvalue weighted by Gasteiger charge is -1.97. The minimum atomic E-state index is -1.11. The lowest BCUT2D eigenvalue weighted by atomic mass is 10.2. The van der Waals surface area contributed by atoms with Crippen molar-refractivity contribution in [3.05, 3.63) is 53.6 Å². The third kappa shape index (κ3) is 2.01. The van der Waals surface area contributed by atoms with Crippen LogP contribution in [-0.2, 0) is 0 Å². The molecule has 3 aromatic rings. The number of aromatic nitrogens is 1. The minimum Gasteiger partial charge on any atom is -0.478 e. The van der Waals surface area contributed by atoms with E-state index in [4.69, 9.17) is 9.52 Å². The zero-order valence-corrected chi connectivity index (χ0v) is 9.93. The largest absolute Gasteiger partial charge is 0.478 e. The van der Waals surface area contributed by atoms with Crippen LogP contribution < -0.4 is 0 Å². The number of benzene rings is 2. The van der Waals surface area contributed by atoms with Gasteiger partial charge in [0.1, 0.15) is 17.2 Å². The fraction of sp³-hybridized carbons (Fsp3) is 0. The molecule has 1 heterocycles. The normalized spacial score (nSPS) is 10.9. The van der Waals surface area contributed by atoms with Crippen LogP contribution in [0.2, 0.25) is 0 Å². The van der Waals surface area contributed by atoms with Crippen LogP contribution in [0.1, 0.15) is 10.4 Å². The Morgan fingerprint density at radius 1 is 1.15 bits per heavy atom. The van der Waals surface area contributed by atoms with Crippen LogP contribution in [0.5, 0.6) is 0 Å². The topological polar surface area (TPSA) is 63.3 Å². The van der Waals surface area contributed by atoms with Crippen molar-refractivity contribution in [3.63, 3.8) is 0 Å². The van der Waals surface area contributed by atoms with E-state index in [9.17, 15) is 13.6 Å². The van der Waals surface area contributed by atoms with E-state index < -0.39 is 17.6 Å². The highest BCUT2D eigenvalue weighted by molar-refractivity contribution is 5.92. The predicted molar refractivity (Wildman–Crippen MR) is 66.3 cm³/mol. The summed E-state index contributed by atoms with van der Waals surface area (Å²) in [6.45, 7) is 0. The summed E-state index contributed by atoms with van der Waals surface area (Å²) in [5.74, 6) is -2.49. The van der Waals surface area contributed by atoms with Crippen LogP contribution in [0.25, 0.3) is 22.6 Å². The van der Waals surface area contributed by atoms with Crippen LogP contribution in [0, 0.1) is 11.6 Å². The number of halogens is 2. The van der Waals surface area contributed by atoms with Gasteiger partial charge >= 0.3 is 5.97 Å². The van der Waals surface area contributed by atoms with Gasteiger partial charge in [0.2, 0.25) is 5.89 Å². The molecular formula is C14H7F2NO3. The number of hydrogen-bond donors (Lipinski definition) is 1. The second-order valence-corrected chi connectivity index (χ2v) is 4.13. The highest BCUT2D eigenvalue weighted by atomic mass is 19.1. The van der Waals surface area contributed by atoms with Crippen molar-refractivity contribution in [1.29, 1.82) is 0 Å². The Labute approximate surface area is 111 Å². The Bertz CT molecular complexity index is 826. The molecule has 1 aromatic heterocycles. The van der Waals surface area contributed by atoms with Crippen molar-refractivity contribution in [1.82, 2.24) is 4.98 Å². The predicted octanol–water partition coefficient (Wildman–Crippen LogP) is 3.47. The number of fused-ring (bicyclic) bond motifs is 1. The van der Waals surface area contributed by atoms with Crippen LogP contribution in [0.15, 0.2) is 40.8 Å². The second-order valence-electron chi connectivity index (χ2n) is 4.13. The molecule has 0 aliphatic carbocycles. The molecule has 20 heavy (non-hydrogen) atoms. The summed E-state index contributed by atoms with van der Waals surface area (Å²) in [6.07, 6.45) is 0. The molecule has 0 unspecified atom stereocenters. The standard InChI is InChI=1S/C14H7F2NO3/c15-8-2-3-10(16)9(6-8)13-17-11-4-1-7(14(18)19)5-12(11)20-13/h1-6H,(H,18,19). The Kier molecular flexibility index (Phi) is 2.71. The summed E-state index contributed by atoms with van der Waals surface area (Å²) in [5.41, 5.74) is 0.482. The van der Waals surface area contributed by atoms with E-state index >= 15 is 0 Å². The molecule has 100 valence electrons. The van der Waals surface area contributed by atoms with Gasteiger partial charge in [-0.25, -0.2) is 18.6 Å². The number of aromatic carboxylic acids is 1. The van der Waals surface area contributed by atoms with Crippen molar-refractivity contribution in [3.8, 4) is 11.5 Å². The van der Waals surface area contributed by atoms with E-state index in [0.29, 0.717) is 5.52 Å². The zero-order chi connectivity index (χ0) is 14.3. The van der Waals surface area contributed by atoms with Gasteiger partial charge < -0.3 is 9.52 Å². The van der Waals surface area contributed by atoms with E-state index in [1.807, 2.05) is 0 Å². The first-order valence-corrected chi connectivity index (χ1v) is 5.64. The maximum atomic E-state index is 13.6. The molecule has 4 nitrogen and oxygen atoms in total. The van der Waals surface area contributed by atoms with Gasteiger partial charge in [-0.05, 0) is 36.4 Å². The summed E-state index contributed by atoms with van der Waals surface area (Å²) >= 11 is 0. The zero-order valence-electron chi connectivity index (χ0n) is 9.93. The number of carbonyl (C=O) groups is 1. The number of carboxylic acid groups (broad SMARTS) is 1. The maximum absolute atomic E-state index is 13.6. The molecule has 0 saturated carbocycles. The van der Waals surface area contributed by atoms with Gasteiger partial charge in [-0.1, -0.05) is 0 Å².